The number of Topliss-reactive ketones (excluding diaryl/α,β-unsaturated/α-hetero) is 1. The van der Waals surface area contributed by atoms with Gasteiger partial charge in [-0.1, -0.05) is 29.3 Å². The van der Waals surface area contributed by atoms with E-state index in [-0.39, 0.29) is 18.1 Å². The van der Waals surface area contributed by atoms with Gasteiger partial charge in [0.25, 0.3) is 0 Å². The van der Waals surface area contributed by atoms with E-state index in [1.54, 1.807) is 30.3 Å². The molecule has 1 N–H and O–H groups in total. The van der Waals surface area contributed by atoms with Crippen LogP contribution in [0.25, 0.3) is 0 Å². The summed E-state index contributed by atoms with van der Waals surface area (Å²) in [6.07, 6.45) is 0.897. The molecule has 1 fully saturated rings. The molecule has 0 amide bonds. The molecule has 1 saturated heterocycles. The van der Waals surface area contributed by atoms with Gasteiger partial charge in [0.05, 0.1) is 16.0 Å². The van der Waals surface area contributed by atoms with Crippen molar-refractivity contribution in [2.24, 2.45) is 5.92 Å². The number of hydrogen-bond acceptors (Lipinski definition) is 3. The predicted octanol–water partition coefficient (Wildman–Crippen LogP) is 4.33. The lowest BCUT2D eigenvalue weighted by Crippen LogP contribution is -2.22. The second-order valence-electron chi connectivity index (χ2n) is 6.17. The zero-order valence-corrected chi connectivity index (χ0v) is 14.9. The fraction of sp³-hybridized carbons (Fsp3) is 0.263. The van der Waals surface area contributed by atoms with Crippen LogP contribution in [0.1, 0.15) is 22.3 Å². The Labute approximate surface area is 156 Å². The van der Waals surface area contributed by atoms with Crippen LogP contribution >= 0.6 is 23.2 Å². The van der Waals surface area contributed by atoms with Crippen LogP contribution in [-0.2, 0) is 11.2 Å². The lowest BCUT2D eigenvalue weighted by molar-refractivity contribution is -0.140. The van der Waals surface area contributed by atoms with Crippen LogP contribution < -0.4 is 4.90 Å². The van der Waals surface area contributed by atoms with Crippen molar-refractivity contribution in [3.8, 4) is 0 Å². The van der Waals surface area contributed by atoms with Gasteiger partial charge in [-0.15, -0.1) is 0 Å². The molecule has 0 radical (unpaired) electrons. The second kappa shape index (κ2) is 7.46. The number of hydrogen-bond donors (Lipinski definition) is 1. The maximum Gasteiger partial charge on any atom is 0.308 e. The third-order valence-electron chi connectivity index (χ3n) is 4.44. The van der Waals surface area contributed by atoms with E-state index in [9.17, 15) is 9.59 Å². The average Bonchev–Trinajstić information content (AvgIpc) is 3.09. The molecule has 4 nitrogen and oxygen atoms in total. The molecule has 1 atom stereocenters. The highest BCUT2D eigenvalue weighted by Gasteiger charge is 2.28. The Morgan fingerprint density at radius 3 is 2.40 bits per heavy atom. The lowest BCUT2D eigenvalue weighted by Gasteiger charge is -2.18. The number of aliphatic carboxylic acids is 1. The maximum atomic E-state index is 12.4. The van der Waals surface area contributed by atoms with E-state index in [4.69, 9.17) is 28.3 Å². The molecule has 25 heavy (non-hydrogen) atoms. The smallest absolute Gasteiger partial charge is 0.308 e. The first-order valence-electron chi connectivity index (χ1n) is 7.99. The first kappa shape index (κ1) is 17.8. The minimum atomic E-state index is -0.754. The predicted molar refractivity (Wildman–Crippen MR) is 98.9 cm³/mol. The van der Waals surface area contributed by atoms with E-state index < -0.39 is 5.97 Å². The van der Waals surface area contributed by atoms with Gasteiger partial charge in [-0.05, 0) is 48.4 Å². The van der Waals surface area contributed by atoms with Crippen molar-refractivity contribution in [1.82, 2.24) is 0 Å². The molecule has 1 aliphatic rings. The number of anilines is 1. The number of benzene rings is 2. The summed E-state index contributed by atoms with van der Waals surface area (Å²) in [6, 6.07) is 12.5. The summed E-state index contributed by atoms with van der Waals surface area (Å²) in [5.41, 5.74) is 2.37. The van der Waals surface area contributed by atoms with Gasteiger partial charge in [0.2, 0.25) is 0 Å². The van der Waals surface area contributed by atoms with Crippen molar-refractivity contribution in [2.45, 2.75) is 12.8 Å². The van der Waals surface area contributed by atoms with Crippen molar-refractivity contribution in [2.75, 3.05) is 18.0 Å². The first-order valence-corrected chi connectivity index (χ1v) is 8.74. The highest BCUT2D eigenvalue weighted by Crippen LogP contribution is 2.26. The summed E-state index contributed by atoms with van der Waals surface area (Å²) in [5, 5.41) is 9.98. The third kappa shape index (κ3) is 4.14. The summed E-state index contributed by atoms with van der Waals surface area (Å²) in [6.45, 7) is 1.22. The van der Waals surface area contributed by atoms with Crippen molar-refractivity contribution in [3.05, 3.63) is 63.6 Å². The second-order valence-corrected chi connectivity index (χ2v) is 6.98. The monoisotopic (exact) mass is 377 g/mol. The Kier molecular flexibility index (Phi) is 5.30. The van der Waals surface area contributed by atoms with Crippen LogP contribution in [0.5, 0.6) is 0 Å². The summed E-state index contributed by atoms with van der Waals surface area (Å²) in [4.78, 5) is 25.5. The molecule has 1 heterocycles. The Morgan fingerprint density at radius 2 is 1.80 bits per heavy atom. The SMILES string of the molecule is O=C(Cc1ccc(Cl)c(Cl)c1)c1ccc(N2CCC(C(=O)O)C2)cc1. The van der Waals surface area contributed by atoms with E-state index in [2.05, 4.69) is 0 Å². The number of rotatable bonds is 5. The van der Waals surface area contributed by atoms with Crippen LogP contribution in [0.4, 0.5) is 5.69 Å². The van der Waals surface area contributed by atoms with Gasteiger partial charge in [0.15, 0.2) is 5.78 Å². The fourth-order valence-electron chi connectivity index (χ4n) is 2.99. The van der Waals surface area contributed by atoms with E-state index in [1.807, 2.05) is 17.0 Å². The number of carbonyl (C=O) groups is 2. The largest absolute Gasteiger partial charge is 0.481 e. The fourth-order valence-corrected chi connectivity index (χ4v) is 3.31. The van der Waals surface area contributed by atoms with Crippen LogP contribution in [0.3, 0.4) is 0 Å². The first-order chi connectivity index (χ1) is 11.9. The third-order valence-corrected chi connectivity index (χ3v) is 5.18. The van der Waals surface area contributed by atoms with Crippen molar-refractivity contribution >= 4 is 40.6 Å². The van der Waals surface area contributed by atoms with Gasteiger partial charge in [0.1, 0.15) is 0 Å². The van der Waals surface area contributed by atoms with Crippen LogP contribution in [0.2, 0.25) is 10.0 Å². The van der Waals surface area contributed by atoms with Crippen molar-refractivity contribution < 1.29 is 14.7 Å². The molecule has 1 unspecified atom stereocenters. The van der Waals surface area contributed by atoms with Gasteiger partial charge < -0.3 is 10.0 Å². The van der Waals surface area contributed by atoms with Crippen molar-refractivity contribution in [1.29, 1.82) is 0 Å². The van der Waals surface area contributed by atoms with E-state index in [1.165, 1.54) is 0 Å². The normalized spacial score (nSPS) is 16.9. The summed E-state index contributed by atoms with van der Waals surface area (Å²) in [7, 11) is 0. The standard InChI is InChI=1S/C19H17Cl2NO3/c20-16-6-1-12(9-17(16)21)10-18(23)13-2-4-15(5-3-13)22-8-7-14(11-22)19(24)25/h1-6,9,14H,7-8,10-11H2,(H,24,25). The number of carboxylic acid groups (broad SMARTS) is 1. The Bertz CT molecular complexity index is 805. The number of nitrogens with zero attached hydrogens (tertiary/aromatic N) is 1. The zero-order chi connectivity index (χ0) is 18.0. The highest BCUT2D eigenvalue weighted by molar-refractivity contribution is 6.42. The van der Waals surface area contributed by atoms with E-state index in [0.717, 1.165) is 11.3 Å². The highest BCUT2D eigenvalue weighted by atomic mass is 35.5. The maximum absolute atomic E-state index is 12.4. The summed E-state index contributed by atoms with van der Waals surface area (Å²) < 4.78 is 0. The topological polar surface area (TPSA) is 57.6 Å². The molecule has 0 saturated carbocycles. The molecular weight excluding hydrogens is 361 g/mol. The molecule has 0 spiro atoms. The Hall–Kier alpha value is -2.04. The molecule has 0 aliphatic carbocycles. The quantitative estimate of drug-likeness (QED) is 0.787. The summed E-state index contributed by atoms with van der Waals surface area (Å²) in [5.74, 6) is -1.08. The molecule has 2 aromatic carbocycles. The minimum Gasteiger partial charge on any atom is -0.481 e. The molecule has 3 rings (SSSR count). The minimum absolute atomic E-state index is 0.00484. The van der Waals surface area contributed by atoms with Crippen LogP contribution in [0.15, 0.2) is 42.5 Å². The zero-order valence-electron chi connectivity index (χ0n) is 13.4. The lowest BCUT2D eigenvalue weighted by atomic mass is 10.0. The Morgan fingerprint density at radius 1 is 1.08 bits per heavy atom. The molecule has 0 aromatic heterocycles. The molecule has 130 valence electrons. The Balaban J connectivity index is 1.66. The van der Waals surface area contributed by atoms with E-state index >= 15 is 0 Å². The van der Waals surface area contributed by atoms with Gasteiger partial charge >= 0.3 is 5.97 Å². The van der Waals surface area contributed by atoms with Gasteiger partial charge in [0, 0.05) is 30.8 Å². The van der Waals surface area contributed by atoms with Crippen molar-refractivity contribution in [3.63, 3.8) is 0 Å². The number of halogens is 2. The average molecular weight is 378 g/mol. The van der Waals surface area contributed by atoms with Gasteiger partial charge in [-0.3, -0.25) is 9.59 Å². The number of ketones is 1. The molecule has 0 bridgehead atoms. The van der Waals surface area contributed by atoms with Crippen LogP contribution in [0, 0.1) is 5.92 Å². The number of carbonyl (C=O) groups excluding carboxylic acids is 1. The molecule has 6 heteroatoms. The van der Waals surface area contributed by atoms with Gasteiger partial charge in [-0.25, -0.2) is 0 Å². The molecule has 1 aliphatic heterocycles. The summed E-state index contributed by atoms with van der Waals surface area (Å²) >= 11 is 11.9. The molecule has 2 aromatic rings. The molecular formula is C19H17Cl2NO3. The van der Waals surface area contributed by atoms with Crippen LogP contribution in [-0.4, -0.2) is 29.9 Å². The number of carboxylic acids is 1. The van der Waals surface area contributed by atoms with E-state index in [0.29, 0.717) is 35.1 Å². The van der Waals surface area contributed by atoms with Gasteiger partial charge in [-0.2, -0.15) is 0 Å².